The molecule has 1 nitrogen and oxygen atoms in total. The van der Waals surface area contributed by atoms with Crippen molar-refractivity contribution in [3.05, 3.63) is 65.7 Å². The molecular formula is C14H13N. The molecule has 0 aliphatic heterocycles. The summed E-state index contributed by atoms with van der Waals surface area (Å²) in [6.45, 7) is 2.07. The maximum absolute atomic E-state index is 4.41. The first-order valence-corrected chi connectivity index (χ1v) is 5.00. The second kappa shape index (κ2) is 4.56. The number of rotatable bonds is 2. The van der Waals surface area contributed by atoms with Gasteiger partial charge in [0.15, 0.2) is 0 Å². The van der Waals surface area contributed by atoms with E-state index in [9.17, 15) is 0 Å². The zero-order valence-corrected chi connectivity index (χ0v) is 8.72. The molecule has 0 fully saturated rings. The van der Waals surface area contributed by atoms with E-state index in [2.05, 4.69) is 24.0 Å². The molecule has 0 N–H and O–H groups in total. The van der Waals surface area contributed by atoms with E-state index in [0.29, 0.717) is 0 Å². The summed E-state index contributed by atoms with van der Waals surface area (Å²) < 4.78 is 0. The molecule has 0 saturated carbocycles. The smallest absolute Gasteiger partial charge is 0.0632 e. The Morgan fingerprint density at radius 2 is 1.73 bits per heavy atom. The second-order valence-electron chi connectivity index (χ2n) is 3.51. The SMILES string of the molecule is Cc1cccc(/N=C/c2ccccc2)c1. The van der Waals surface area contributed by atoms with Crippen LogP contribution in [0.2, 0.25) is 0 Å². The topological polar surface area (TPSA) is 12.4 Å². The summed E-state index contributed by atoms with van der Waals surface area (Å²) in [5.74, 6) is 0. The molecule has 0 radical (unpaired) electrons. The van der Waals surface area contributed by atoms with E-state index in [1.165, 1.54) is 5.56 Å². The largest absolute Gasteiger partial charge is 0.256 e. The number of hydrogen-bond acceptors (Lipinski definition) is 1. The number of hydrogen-bond donors (Lipinski definition) is 0. The van der Waals surface area contributed by atoms with Crippen LogP contribution in [0.15, 0.2) is 59.6 Å². The third-order valence-electron chi connectivity index (χ3n) is 2.16. The minimum Gasteiger partial charge on any atom is -0.256 e. The lowest BCUT2D eigenvalue weighted by atomic mass is 10.2. The number of aryl methyl sites for hydroxylation is 1. The van der Waals surface area contributed by atoms with Crippen LogP contribution >= 0.6 is 0 Å². The molecule has 0 bridgehead atoms. The van der Waals surface area contributed by atoms with Crippen molar-refractivity contribution in [3.63, 3.8) is 0 Å². The van der Waals surface area contributed by atoms with Gasteiger partial charge in [-0.05, 0) is 30.2 Å². The fourth-order valence-electron chi connectivity index (χ4n) is 1.40. The zero-order chi connectivity index (χ0) is 10.5. The summed E-state index contributed by atoms with van der Waals surface area (Å²) in [5.41, 5.74) is 3.36. The van der Waals surface area contributed by atoms with Crippen LogP contribution in [0, 0.1) is 6.92 Å². The van der Waals surface area contributed by atoms with Crippen molar-refractivity contribution < 1.29 is 0 Å². The Hall–Kier alpha value is -1.89. The van der Waals surface area contributed by atoms with Crippen LogP contribution in [0.4, 0.5) is 5.69 Å². The zero-order valence-electron chi connectivity index (χ0n) is 8.72. The lowest BCUT2D eigenvalue weighted by molar-refractivity contribution is 1.43. The molecule has 2 aromatic rings. The van der Waals surface area contributed by atoms with Gasteiger partial charge in [0, 0.05) is 6.21 Å². The minimum atomic E-state index is 0.999. The van der Waals surface area contributed by atoms with Gasteiger partial charge in [0.25, 0.3) is 0 Å². The highest BCUT2D eigenvalue weighted by molar-refractivity contribution is 5.81. The third kappa shape index (κ3) is 2.78. The van der Waals surface area contributed by atoms with E-state index < -0.39 is 0 Å². The van der Waals surface area contributed by atoms with Crippen molar-refractivity contribution in [2.24, 2.45) is 4.99 Å². The third-order valence-corrected chi connectivity index (χ3v) is 2.16. The molecule has 0 heterocycles. The lowest BCUT2D eigenvalue weighted by Crippen LogP contribution is -1.78. The van der Waals surface area contributed by atoms with Gasteiger partial charge >= 0.3 is 0 Å². The Morgan fingerprint density at radius 3 is 2.47 bits per heavy atom. The Balaban J connectivity index is 2.19. The molecule has 2 aromatic carbocycles. The van der Waals surface area contributed by atoms with Crippen LogP contribution in [0.3, 0.4) is 0 Å². The summed E-state index contributed by atoms with van der Waals surface area (Å²) in [4.78, 5) is 4.41. The van der Waals surface area contributed by atoms with Gasteiger partial charge in [-0.25, -0.2) is 0 Å². The first-order valence-electron chi connectivity index (χ1n) is 5.00. The van der Waals surface area contributed by atoms with Crippen LogP contribution in [0.25, 0.3) is 0 Å². The van der Waals surface area contributed by atoms with E-state index in [-0.39, 0.29) is 0 Å². The highest BCUT2D eigenvalue weighted by atomic mass is 14.7. The predicted molar refractivity (Wildman–Crippen MR) is 64.9 cm³/mol. The van der Waals surface area contributed by atoms with Crippen molar-refractivity contribution in [2.45, 2.75) is 6.92 Å². The van der Waals surface area contributed by atoms with Crippen LogP contribution < -0.4 is 0 Å². The number of aliphatic imine (C=N–C) groups is 1. The predicted octanol–water partition coefficient (Wildman–Crippen LogP) is 3.75. The van der Waals surface area contributed by atoms with Gasteiger partial charge in [-0.15, -0.1) is 0 Å². The Morgan fingerprint density at radius 1 is 0.933 bits per heavy atom. The quantitative estimate of drug-likeness (QED) is 0.647. The minimum absolute atomic E-state index is 0.999. The fourth-order valence-corrected chi connectivity index (χ4v) is 1.40. The van der Waals surface area contributed by atoms with Crippen molar-refractivity contribution in [3.8, 4) is 0 Å². The molecule has 0 aliphatic carbocycles. The molecule has 15 heavy (non-hydrogen) atoms. The van der Waals surface area contributed by atoms with Crippen molar-refractivity contribution in [1.82, 2.24) is 0 Å². The van der Waals surface area contributed by atoms with Crippen LogP contribution in [-0.2, 0) is 0 Å². The summed E-state index contributed by atoms with van der Waals surface area (Å²) in [5, 5.41) is 0. The molecule has 1 heteroatoms. The normalized spacial score (nSPS) is 10.7. The fraction of sp³-hybridized carbons (Fsp3) is 0.0714. The summed E-state index contributed by atoms with van der Waals surface area (Å²) in [6.07, 6.45) is 1.88. The molecule has 0 spiro atoms. The number of benzene rings is 2. The molecule has 0 aromatic heterocycles. The van der Waals surface area contributed by atoms with Gasteiger partial charge in [-0.3, -0.25) is 4.99 Å². The first kappa shape index (κ1) is 9.66. The molecule has 0 atom stereocenters. The van der Waals surface area contributed by atoms with Gasteiger partial charge < -0.3 is 0 Å². The first-order chi connectivity index (χ1) is 7.34. The van der Waals surface area contributed by atoms with Crippen LogP contribution in [-0.4, -0.2) is 6.21 Å². The average molecular weight is 195 g/mol. The van der Waals surface area contributed by atoms with Gasteiger partial charge in [-0.2, -0.15) is 0 Å². The molecule has 74 valence electrons. The van der Waals surface area contributed by atoms with Gasteiger partial charge in [0.05, 0.1) is 5.69 Å². The van der Waals surface area contributed by atoms with E-state index >= 15 is 0 Å². The molecule has 0 amide bonds. The standard InChI is InChI=1S/C14H13N/c1-12-6-5-9-14(10-12)15-11-13-7-3-2-4-8-13/h2-11H,1H3/b15-11+. The molecule has 0 saturated heterocycles. The van der Waals surface area contributed by atoms with Gasteiger partial charge in [0.2, 0.25) is 0 Å². The summed E-state index contributed by atoms with van der Waals surface area (Å²) in [7, 11) is 0. The van der Waals surface area contributed by atoms with Crippen LogP contribution in [0.5, 0.6) is 0 Å². The van der Waals surface area contributed by atoms with Crippen molar-refractivity contribution >= 4 is 11.9 Å². The lowest BCUT2D eigenvalue weighted by Gasteiger charge is -1.95. The van der Waals surface area contributed by atoms with Crippen LogP contribution in [0.1, 0.15) is 11.1 Å². The summed E-state index contributed by atoms with van der Waals surface area (Å²) >= 11 is 0. The van der Waals surface area contributed by atoms with E-state index in [4.69, 9.17) is 0 Å². The second-order valence-corrected chi connectivity index (χ2v) is 3.51. The van der Waals surface area contributed by atoms with Crippen molar-refractivity contribution in [2.75, 3.05) is 0 Å². The van der Waals surface area contributed by atoms with Gasteiger partial charge in [-0.1, -0.05) is 42.5 Å². The Bertz CT molecular complexity index is 458. The molecule has 0 unspecified atom stereocenters. The highest BCUT2D eigenvalue weighted by Crippen LogP contribution is 2.13. The monoisotopic (exact) mass is 195 g/mol. The summed E-state index contributed by atoms with van der Waals surface area (Å²) in [6, 6.07) is 18.3. The number of nitrogens with zero attached hydrogens (tertiary/aromatic N) is 1. The van der Waals surface area contributed by atoms with Crippen molar-refractivity contribution in [1.29, 1.82) is 0 Å². The molecule has 0 aliphatic rings. The average Bonchev–Trinajstić information content (AvgIpc) is 2.28. The Labute approximate surface area is 90.1 Å². The Kier molecular flexibility index (Phi) is 2.93. The maximum Gasteiger partial charge on any atom is 0.0632 e. The maximum atomic E-state index is 4.41. The molecular weight excluding hydrogens is 182 g/mol. The van der Waals surface area contributed by atoms with E-state index in [1.54, 1.807) is 0 Å². The highest BCUT2D eigenvalue weighted by Gasteiger charge is 1.88. The molecule has 2 rings (SSSR count). The van der Waals surface area contributed by atoms with Gasteiger partial charge in [0.1, 0.15) is 0 Å². The van der Waals surface area contributed by atoms with E-state index in [0.717, 1.165) is 11.3 Å². The van der Waals surface area contributed by atoms with E-state index in [1.807, 2.05) is 48.7 Å².